The molecule has 1 fully saturated rings. The number of fused-ring (bicyclic) bond motifs is 1. The number of anilines is 1. The highest BCUT2D eigenvalue weighted by molar-refractivity contribution is 6.12. The summed E-state index contributed by atoms with van der Waals surface area (Å²) in [5.41, 5.74) is 4.71. The summed E-state index contributed by atoms with van der Waals surface area (Å²) in [5, 5.41) is 7.67. The fourth-order valence-corrected chi connectivity index (χ4v) is 3.12. The molecule has 25 heavy (non-hydrogen) atoms. The van der Waals surface area contributed by atoms with E-state index in [4.69, 9.17) is 4.52 Å². The summed E-state index contributed by atoms with van der Waals surface area (Å²) in [6, 6.07) is 9.90. The third-order valence-electron chi connectivity index (χ3n) is 4.63. The van der Waals surface area contributed by atoms with Gasteiger partial charge in [-0.25, -0.2) is 4.98 Å². The zero-order valence-corrected chi connectivity index (χ0v) is 14.5. The van der Waals surface area contributed by atoms with E-state index in [1.54, 1.807) is 0 Å². The van der Waals surface area contributed by atoms with Crippen molar-refractivity contribution in [2.75, 3.05) is 5.32 Å². The number of pyridine rings is 1. The average molecular weight is 335 g/mol. The fourth-order valence-electron chi connectivity index (χ4n) is 3.12. The minimum absolute atomic E-state index is 0.149. The van der Waals surface area contributed by atoms with Crippen LogP contribution in [0.25, 0.3) is 11.1 Å². The molecule has 0 bridgehead atoms. The van der Waals surface area contributed by atoms with Crippen LogP contribution >= 0.6 is 0 Å². The summed E-state index contributed by atoms with van der Waals surface area (Å²) in [6.45, 7) is 3.99. The molecule has 1 saturated carbocycles. The smallest absolute Gasteiger partial charge is 0.259 e. The van der Waals surface area contributed by atoms with Gasteiger partial charge in [0.2, 0.25) is 0 Å². The summed E-state index contributed by atoms with van der Waals surface area (Å²) in [5.74, 6) is 0.290. The van der Waals surface area contributed by atoms with Crippen molar-refractivity contribution in [2.45, 2.75) is 45.4 Å². The molecule has 1 N–H and O–H groups in total. The number of nitrogens with zero attached hydrogens (tertiary/aromatic N) is 2. The van der Waals surface area contributed by atoms with E-state index in [0.717, 1.165) is 37.1 Å². The third kappa shape index (κ3) is 3.14. The molecule has 0 unspecified atom stereocenters. The molecule has 2 heterocycles. The Morgan fingerprint density at radius 1 is 1.28 bits per heavy atom. The van der Waals surface area contributed by atoms with Crippen molar-refractivity contribution in [3.05, 3.63) is 52.8 Å². The first-order valence-corrected chi connectivity index (χ1v) is 8.83. The first kappa shape index (κ1) is 15.8. The Morgan fingerprint density at radius 3 is 2.72 bits per heavy atom. The number of amides is 1. The maximum Gasteiger partial charge on any atom is 0.259 e. The van der Waals surface area contributed by atoms with Crippen molar-refractivity contribution in [3.63, 3.8) is 0 Å². The lowest BCUT2D eigenvalue weighted by Crippen LogP contribution is -2.13. The van der Waals surface area contributed by atoms with Crippen molar-refractivity contribution >= 4 is 22.7 Å². The maximum atomic E-state index is 12.9. The lowest BCUT2D eigenvalue weighted by atomic mass is 10.1. The normalized spacial score (nSPS) is 14.0. The predicted molar refractivity (Wildman–Crippen MR) is 96.9 cm³/mol. The number of hydrogen-bond acceptors (Lipinski definition) is 4. The van der Waals surface area contributed by atoms with Crippen LogP contribution in [0, 0.1) is 6.92 Å². The van der Waals surface area contributed by atoms with E-state index in [1.807, 2.05) is 25.1 Å². The van der Waals surface area contributed by atoms with Gasteiger partial charge in [0.25, 0.3) is 11.6 Å². The lowest BCUT2D eigenvalue weighted by Gasteiger charge is -2.08. The Balaban J connectivity index is 1.65. The van der Waals surface area contributed by atoms with Crippen LogP contribution in [0.4, 0.5) is 5.69 Å². The van der Waals surface area contributed by atoms with E-state index in [2.05, 4.69) is 34.5 Å². The summed E-state index contributed by atoms with van der Waals surface area (Å²) < 4.78 is 5.31. The molecule has 0 saturated heterocycles. The molecule has 1 aromatic carbocycles. The van der Waals surface area contributed by atoms with Gasteiger partial charge in [0.1, 0.15) is 0 Å². The summed E-state index contributed by atoms with van der Waals surface area (Å²) >= 11 is 0. The molecule has 3 aromatic rings. The second kappa shape index (κ2) is 6.31. The quantitative estimate of drug-likeness (QED) is 0.739. The van der Waals surface area contributed by atoms with Gasteiger partial charge in [-0.2, -0.15) is 0 Å². The van der Waals surface area contributed by atoms with Crippen LogP contribution in [0.3, 0.4) is 0 Å². The Morgan fingerprint density at radius 2 is 2.04 bits per heavy atom. The molecule has 2 aromatic heterocycles. The van der Waals surface area contributed by atoms with Crippen molar-refractivity contribution in [3.8, 4) is 0 Å². The van der Waals surface area contributed by atoms with E-state index < -0.39 is 0 Å². The van der Waals surface area contributed by atoms with E-state index in [9.17, 15) is 4.79 Å². The number of carbonyl (C=O) groups excluding carboxylic acids is 1. The second-order valence-corrected chi connectivity index (χ2v) is 6.72. The van der Waals surface area contributed by atoms with Gasteiger partial charge in [-0.05, 0) is 49.9 Å². The van der Waals surface area contributed by atoms with Crippen molar-refractivity contribution in [2.24, 2.45) is 0 Å². The summed E-state index contributed by atoms with van der Waals surface area (Å²) in [6.07, 6.45) is 4.39. The number of nitrogens with one attached hydrogen (secondary N) is 1. The zero-order chi connectivity index (χ0) is 17.4. The minimum atomic E-state index is -0.149. The summed E-state index contributed by atoms with van der Waals surface area (Å²) in [4.78, 5) is 17.4. The van der Waals surface area contributed by atoms with Crippen molar-refractivity contribution in [1.29, 1.82) is 0 Å². The van der Waals surface area contributed by atoms with Crippen LogP contribution in [0.2, 0.25) is 0 Å². The average Bonchev–Trinajstić information content (AvgIpc) is 3.40. The predicted octanol–water partition coefficient (Wildman–Crippen LogP) is 4.61. The molecular formula is C20H21N3O2. The molecule has 128 valence electrons. The van der Waals surface area contributed by atoms with Gasteiger partial charge in [-0.1, -0.05) is 30.6 Å². The van der Waals surface area contributed by atoms with Gasteiger partial charge >= 0.3 is 0 Å². The third-order valence-corrected chi connectivity index (χ3v) is 4.63. The van der Waals surface area contributed by atoms with Gasteiger partial charge in [0, 0.05) is 17.3 Å². The van der Waals surface area contributed by atoms with Crippen LogP contribution in [0.5, 0.6) is 0 Å². The Labute approximate surface area is 146 Å². The molecule has 4 rings (SSSR count). The van der Waals surface area contributed by atoms with Crippen LogP contribution in [-0.2, 0) is 6.42 Å². The highest BCUT2D eigenvalue weighted by Crippen LogP contribution is 2.40. The van der Waals surface area contributed by atoms with Gasteiger partial charge in [-0.15, -0.1) is 0 Å². The number of carbonyl (C=O) groups is 1. The van der Waals surface area contributed by atoms with Crippen molar-refractivity contribution < 1.29 is 9.32 Å². The first-order chi connectivity index (χ1) is 12.2. The van der Waals surface area contributed by atoms with Crippen LogP contribution in [0.1, 0.15) is 59.4 Å². The lowest BCUT2D eigenvalue weighted by molar-refractivity contribution is 0.102. The number of aryl methyl sites for hydroxylation is 2. The van der Waals surface area contributed by atoms with Crippen LogP contribution in [0.15, 0.2) is 34.9 Å². The largest absolute Gasteiger partial charge is 0.336 e. The van der Waals surface area contributed by atoms with Gasteiger partial charge in [-0.3, -0.25) is 4.79 Å². The van der Waals surface area contributed by atoms with Crippen molar-refractivity contribution in [1.82, 2.24) is 10.1 Å². The van der Waals surface area contributed by atoms with E-state index >= 15 is 0 Å². The van der Waals surface area contributed by atoms with E-state index in [0.29, 0.717) is 28.3 Å². The highest BCUT2D eigenvalue weighted by Gasteiger charge is 2.28. The standard InChI is InChI=1S/C20H21N3O2/c1-3-4-13-5-9-15(10-6-13)21-19(24)16-11-17(14-7-8-14)22-20-18(16)12(2)23-25-20/h5-6,9-11,14H,3-4,7-8H2,1-2H3,(H,21,24). The number of benzene rings is 1. The Kier molecular flexibility index (Phi) is 3.99. The summed E-state index contributed by atoms with van der Waals surface area (Å²) in [7, 11) is 0. The minimum Gasteiger partial charge on any atom is -0.336 e. The molecular weight excluding hydrogens is 314 g/mol. The molecule has 0 spiro atoms. The number of aromatic nitrogens is 2. The highest BCUT2D eigenvalue weighted by atomic mass is 16.5. The molecule has 0 atom stereocenters. The van der Waals surface area contributed by atoms with Crippen LogP contribution in [-0.4, -0.2) is 16.0 Å². The monoisotopic (exact) mass is 335 g/mol. The van der Waals surface area contributed by atoms with Gasteiger partial charge in [0.15, 0.2) is 0 Å². The Bertz CT molecular complexity index is 924. The molecule has 1 aliphatic rings. The maximum absolute atomic E-state index is 12.9. The SMILES string of the molecule is CCCc1ccc(NC(=O)c2cc(C3CC3)nc3onc(C)c23)cc1. The molecule has 5 heteroatoms. The number of hydrogen-bond donors (Lipinski definition) is 1. The molecule has 0 radical (unpaired) electrons. The molecule has 0 aliphatic heterocycles. The van der Waals surface area contributed by atoms with E-state index in [-0.39, 0.29) is 5.91 Å². The number of rotatable bonds is 5. The zero-order valence-electron chi connectivity index (χ0n) is 14.5. The fraction of sp³-hybridized carbons (Fsp3) is 0.350. The Hall–Kier alpha value is -2.69. The topological polar surface area (TPSA) is 68.0 Å². The second-order valence-electron chi connectivity index (χ2n) is 6.72. The van der Waals surface area contributed by atoms with Gasteiger partial charge in [0.05, 0.1) is 16.6 Å². The molecule has 1 aliphatic carbocycles. The molecule has 1 amide bonds. The van der Waals surface area contributed by atoms with Gasteiger partial charge < -0.3 is 9.84 Å². The van der Waals surface area contributed by atoms with E-state index in [1.165, 1.54) is 5.56 Å². The van der Waals surface area contributed by atoms with Crippen LogP contribution < -0.4 is 5.32 Å². The molecule has 5 nitrogen and oxygen atoms in total. The first-order valence-electron chi connectivity index (χ1n) is 8.83.